The fraction of sp³-hybridized carbons (Fsp3) is 0.136. The highest BCUT2D eigenvalue weighted by Crippen LogP contribution is 2.36. The summed E-state index contributed by atoms with van der Waals surface area (Å²) >= 11 is 5.95. The predicted molar refractivity (Wildman–Crippen MR) is 121 cm³/mol. The Morgan fingerprint density at radius 3 is 2.31 bits per heavy atom. The molecule has 9 nitrogen and oxygen atoms in total. The van der Waals surface area contributed by atoms with E-state index in [2.05, 4.69) is 14.1 Å². The van der Waals surface area contributed by atoms with Crippen LogP contribution in [0.2, 0.25) is 5.02 Å². The van der Waals surface area contributed by atoms with Crippen molar-refractivity contribution in [3.8, 4) is 16.9 Å². The Kier molecular flexibility index (Phi) is 6.95. The Morgan fingerprint density at radius 2 is 1.69 bits per heavy atom. The summed E-state index contributed by atoms with van der Waals surface area (Å²) in [6, 6.07) is 11.2. The third kappa shape index (κ3) is 5.47. The van der Waals surface area contributed by atoms with Gasteiger partial charge in [-0.2, -0.15) is 8.42 Å². The topological polar surface area (TPSA) is 109 Å². The number of imide groups is 1. The molecule has 1 aliphatic rings. The van der Waals surface area contributed by atoms with E-state index in [1.807, 2.05) is 0 Å². The fourth-order valence-corrected chi connectivity index (χ4v) is 4.14. The van der Waals surface area contributed by atoms with E-state index < -0.39 is 47.3 Å². The molecular weight excluding hydrogens is 525 g/mol. The Labute approximate surface area is 208 Å². The van der Waals surface area contributed by atoms with Gasteiger partial charge in [0.15, 0.2) is 6.17 Å². The number of carbonyl (C=O) groups is 2. The number of aromatic nitrogens is 1. The summed E-state index contributed by atoms with van der Waals surface area (Å²) in [6.45, 7) is -0.534. The summed E-state index contributed by atoms with van der Waals surface area (Å²) in [5, 5.41) is 0.466. The van der Waals surface area contributed by atoms with Crippen molar-refractivity contribution in [3.05, 3.63) is 77.6 Å². The van der Waals surface area contributed by atoms with E-state index in [1.165, 1.54) is 18.5 Å². The number of alkyl halides is 3. The summed E-state index contributed by atoms with van der Waals surface area (Å²) in [7, 11) is -2.97. The Balaban J connectivity index is 1.71. The lowest BCUT2D eigenvalue weighted by Crippen LogP contribution is -2.35. The molecule has 0 saturated carbocycles. The van der Waals surface area contributed by atoms with Crippen LogP contribution in [0.1, 0.15) is 11.7 Å². The quantitative estimate of drug-likeness (QED) is 0.416. The van der Waals surface area contributed by atoms with Crippen LogP contribution in [0.25, 0.3) is 11.1 Å². The highest BCUT2D eigenvalue weighted by Gasteiger charge is 2.42. The van der Waals surface area contributed by atoms with Crippen LogP contribution in [0.15, 0.2) is 71.4 Å². The van der Waals surface area contributed by atoms with E-state index in [0.29, 0.717) is 16.1 Å². The maximum absolute atomic E-state index is 13.2. The number of benzene rings is 2. The third-order valence-electron chi connectivity index (χ3n) is 5.09. The first-order chi connectivity index (χ1) is 17.0. The predicted octanol–water partition coefficient (Wildman–Crippen LogP) is 4.83. The zero-order valence-corrected chi connectivity index (χ0v) is 19.5. The van der Waals surface area contributed by atoms with Gasteiger partial charge in [0.1, 0.15) is 12.3 Å². The summed E-state index contributed by atoms with van der Waals surface area (Å²) in [6.07, 6.45) is -3.50. The van der Waals surface area contributed by atoms with Gasteiger partial charge in [-0.3, -0.25) is 14.7 Å². The molecule has 4 rings (SSSR count). The lowest BCUT2D eigenvalue weighted by Gasteiger charge is -2.24. The molecule has 1 aromatic heterocycles. The molecule has 186 valence electrons. The highest BCUT2D eigenvalue weighted by atomic mass is 35.5. The first kappa shape index (κ1) is 25.1. The average molecular weight is 539 g/mol. The van der Waals surface area contributed by atoms with Gasteiger partial charge >= 0.3 is 22.9 Å². The molecule has 0 radical (unpaired) electrons. The Morgan fingerprint density at radius 1 is 1.03 bits per heavy atom. The van der Waals surface area contributed by atoms with Gasteiger partial charge in [-0.05, 0) is 48.0 Å². The second kappa shape index (κ2) is 9.95. The smallest absolute Gasteiger partial charge is 0.406 e. The maximum atomic E-state index is 13.2. The van der Waals surface area contributed by atoms with E-state index in [9.17, 15) is 31.2 Å². The zero-order chi connectivity index (χ0) is 26.0. The van der Waals surface area contributed by atoms with E-state index in [0.717, 1.165) is 34.1 Å². The molecule has 0 N–H and O–H groups in total. The van der Waals surface area contributed by atoms with Gasteiger partial charge in [-0.15, -0.1) is 17.5 Å². The van der Waals surface area contributed by atoms with Gasteiger partial charge in [0.2, 0.25) is 0 Å². The van der Waals surface area contributed by atoms with Crippen LogP contribution in [0.5, 0.6) is 5.75 Å². The Hall–Kier alpha value is -3.97. The molecule has 14 heteroatoms. The normalized spacial score (nSPS) is 14.7. The largest absolute Gasteiger partial charge is 0.573 e. The summed E-state index contributed by atoms with van der Waals surface area (Å²) < 4.78 is 67.9. The zero-order valence-electron chi connectivity index (χ0n) is 17.9. The van der Waals surface area contributed by atoms with Gasteiger partial charge in [-0.1, -0.05) is 23.7 Å². The number of halogens is 4. The number of urea groups is 1. The number of nitrogens with zero attached hydrogens (tertiary/aromatic N) is 4. The third-order valence-corrected chi connectivity index (χ3v) is 5.71. The van der Waals surface area contributed by atoms with Crippen molar-refractivity contribution < 1.29 is 35.9 Å². The van der Waals surface area contributed by atoms with E-state index >= 15 is 0 Å². The maximum Gasteiger partial charge on any atom is 0.573 e. The molecule has 3 amide bonds. The van der Waals surface area contributed by atoms with Gasteiger partial charge in [0.25, 0.3) is 5.91 Å². The number of hydrogen-bond acceptors (Lipinski definition) is 7. The molecule has 1 unspecified atom stereocenters. The van der Waals surface area contributed by atoms with Crippen molar-refractivity contribution >= 4 is 39.7 Å². The summed E-state index contributed by atoms with van der Waals surface area (Å²) in [5.41, 5.74) is 1.29. The number of carbonyl (C=O) groups excluding carboxylic acids is 2. The van der Waals surface area contributed by atoms with Crippen LogP contribution in [0.4, 0.5) is 23.7 Å². The van der Waals surface area contributed by atoms with Crippen LogP contribution < -0.4 is 9.64 Å². The number of hydrogen-bond donors (Lipinski definition) is 0. The minimum atomic E-state index is -4.91. The molecule has 0 spiro atoms. The van der Waals surface area contributed by atoms with Gasteiger partial charge < -0.3 is 4.74 Å². The van der Waals surface area contributed by atoms with E-state index in [-0.39, 0.29) is 11.3 Å². The second-order valence-corrected chi connectivity index (χ2v) is 8.43. The number of ether oxygens (including phenoxy) is 1. The van der Waals surface area contributed by atoms with Crippen molar-refractivity contribution in [1.82, 2.24) is 9.88 Å². The molecular formula is C22H14ClF3N4O5S. The number of anilines is 1. The molecule has 1 atom stereocenters. The first-order valence-electron chi connectivity index (χ1n) is 10.0. The van der Waals surface area contributed by atoms with Crippen molar-refractivity contribution in [3.63, 3.8) is 0 Å². The number of pyridine rings is 1. The molecule has 0 aliphatic carbocycles. The van der Waals surface area contributed by atoms with Crippen LogP contribution in [0, 0.1) is 0 Å². The van der Waals surface area contributed by atoms with Crippen LogP contribution in [0.3, 0.4) is 0 Å². The number of rotatable bonds is 6. The molecule has 1 fully saturated rings. The van der Waals surface area contributed by atoms with Crippen LogP contribution in [-0.2, 0) is 15.3 Å². The van der Waals surface area contributed by atoms with E-state index in [4.69, 9.17) is 11.6 Å². The molecule has 3 aromatic rings. The molecule has 0 bridgehead atoms. The molecule has 2 aromatic carbocycles. The SMILES string of the molecule is O=C1CN(C(N=S(=O)=O)c2ccncc2-c2ccc(Cl)cc2)C(=O)N1c1ccc(OC(F)(F)F)cc1. The van der Waals surface area contributed by atoms with Gasteiger partial charge in [0, 0.05) is 28.5 Å². The fourth-order valence-electron chi connectivity index (χ4n) is 3.63. The first-order valence-corrected chi connectivity index (χ1v) is 11.4. The highest BCUT2D eigenvalue weighted by molar-refractivity contribution is 7.61. The monoisotopic (exact) mass is 538 g/mol. The molecule has 36 heavy (non-hydrogen) atoms. The number of amides is 3. The summed E-state index contributed by atoms with van der Waals surface area (Å²) in [4.78, 5) is 31.7. The van der Waals surface area contributed by atoms with Gasteiger partial charge in [0.05, 0.1) is 5.69 Å². The Bertz CT molecular complexity index is 1440. The molecule has 2 heterocycles. The van der Waals surface area contributed by atoms with Crippen molar-refractivity contribution in [2.45, 2.75) is 12.5 Å². The van der Waals surface area contributed by atoms with Crippen molar-refractivity contribution in [2.75, 3.05) is 11.4 Å². The minimum absolute atomic E-state index is 0.0309. The molecule has 1 aliphatic heterocycles. The lowest BCUT2D eigenvalue weighted by atomic mass is 10.00. The standard InChI is InChI=1S/C22H14ClF3N4O5S/c23-14-3-1-13(2-4-14)18-11-27-10-9-17(18)20(28-36(33)34)29-12-19(31)30(21(29)32)15-5-7-16(8-6-15)35-22(24,25)26/h1-11,20H,12H2. The van der Waals surface area contributed by atoms with Crippen molar-refractivity contribution in [2.24, 2.45) is 4.36 Å². The minimum Gasteiger partial charge on any atom is -0.406 e. The lowest BCUT2D eigenvalue weighted by molar-refractivity contribution is -0.274. The molecule has 1 saturated heterocycles. The van der Waals surface area contributed by atoms with Crippen molar-refractivity contribution in [1.29, 1.82) is 0 Å². The average Bonchev–Trinajstić information content (AvgIpc) is 3.11. The van der Waals surface area contributed by atoms with Gasteiger partial charge in [-0.25, -0.2) is 9.69 Å². The van der Waals surface area contributed by atoms with E-state index in [1.54, 1.807) is 24.3 Å². The second-order valence-electron chi connectivity index (χ2n) is 7.35. The summed E-state index contributed by atoms with van der Waals surface area (Å²) in [5.74, 6) is -1.27. The van der Waals surface area contributed by atoms with Crippen LogP contribution in [-0.4, -0.2) is 43.1 Å². The van der Waals surface area contributed by atoms with Crippen LogP contribution >= 0.6 is 11.6 Å².